The highest BCUT2D eigenvalue weighted by Gasteiger charge is 2.26. The van der Waals surface area contributed by atoms with Crippen LogP contribution in [0.2, 0.25) is 0 Å². The highest BCUT2D eigenvalue weighted by molar-refractivity contribution is 5.80. The van der Waals surface area contributed by atoms with Crippen molar-refractivity contribution >= 4 is 16.6 Å². The molecule has 27 heavy (non-hydrogen) atoms. The van der Waals surface area contributed by atoms with Gasteiger partial charge in [0.2, 0.25) is 0 Å². The van der Waals surface area contributed by atoms with E-state index >= 15 is 0 Å². The average Bonchev–Trinajstić information content (AvgIpc) is 3.01. The number of aromatic nitrogens is 2. The zero-order valence-corrected chi connectivity index (χ0v) is 17.5. The van der Waals surface area contributed by atoms with Crippen molar-refractivity contribution in [2.75, 3.05) is 0 Å². The minimum atomic E-state index is -0.670. The zero-order chi connectivity index (χ0) is 19.7. The summed E-state index contributed by atoms with van der Waals surface area (Å²) in [6, 6.07) is 6.49. The number of benzene rings is 1. The Kier molecular flexibility index (Phi) is 5.62. The monoisotopic (exact) mass is 366 g/mol. The molecule has 0 aliphatic heterocycles. The number of nitrogens with zero attached hydrogens (tertiary/aromatic N) is 1. The lowest BCUT2D eigenvalue weighted by Crippen LogP contribution is -2.27. The fraction of sp³-hybridized carbons (Fsp3) is 0.542. The minimum absolute atomic E-state index is 0.110. The molecular weight excluding hydrogens is 332 g/mol. The molecule has 3 rings (SSSR count). The van der Waals surface area contributed by atoms with Crippen LogP contribution in [0.1, 0.15) is 78.1 Å². The van der Waals surface area contributed by atoms with Crippen LogP contribution in [0.5, 0.6) is 0 Å². The van der Waals surface area contributed by atoms with E-state index in [2.05, 4.69) is 76.0 Å². The van der Waals surface area contributed by atoms with E-state index in [-0.39, 0.29) is 5.41 Å². The largest absolute Gasteiger partial charge is 0.390 e. The first kappa shape index (κ1) is 19.9. The standard InChI is InChI=1S/C24H34N2O/c1-6-24(27,7-2)16-18(12-11-17-9-8-10-17)22-25-20-14-13-19(23(3,4)5)15-21(20)26-22/h8-9,12-15,17,27H,6-7,10-11,16H2,1-5H3,(H,25,26). The Morgan fingerprint density at radius 3 is 2.52 bits per heavy atom. The van der Waals surface area contributed by atoms with Crippen molar-refractivity contribution < 1.29 is 5.11 Å². The van der Waals surface area contributed by atoms with Crippen molar-refractivity contribution in [2.45, 2.75) is 77.7 Å². The molecule has 1 unspecified atom stereocenters. The smallest absolute Gasteiger partial charge is 0.134 e. The van der Waals surface area contributed by atoms with Crippen LogP contribution < -0.4 is 0 Å². The number of fused-ring (bicyclic) bond motifs is 1. The van der Waals surface area contributed by atoms with Crippen molar-refractivity contribution in [1.29, 1.82) is 0 Å². The SMILES string of the molecule is CCC(O)(CC)CC(=CCC1C=CC1)c1nc2ccc(C(C)(C)C)cc2[nH]1. The Morgan fingerprint density at radius 2 is 1.96 bits per heavy atom. The lowest BCUT2D eigenvalue weighted by Gasteiger charge is -2.26. The van der Waals surface area contributed by atoms with Crippen LogP contribution in [0.3, 0.4) is 0 Å². The molecule has 3 nitrogen and oxygen atoms in total. The van der Waals surface area contributed by atoms with E-state index in [4.69, 9.17) is 4.98 Å². The first-order valence-corrected chi connectivity index (χ1v) is 10.3. The van der Waals surface area contributed by atoms with Gasteiger partial charge in [-0.15, -0.1) is 0 Å². The van der Waals surface area contributed by atoms with Crippen molar-refractivity contribution in [3.8, 4) is 0 Å². The maximum Gasteiger partial charge on any atom is 0.134 e. The molecule has 0 amide bonds. The third-order valence-electron chi connectivity index (χ3n) is 6.00. The molecule has 2 aromatic rings. The average molecular weight is 367 g/mol. The summed E-state index contributed by atoms with van der Waals surface area (Å²) in [4.78, 5) is 8.39. The van der Waals surface area contributed by atoms with Gasteiger partial charge in [-0.25, -0.2) is 4.98 Å². The number of aliphatic hydroxyl groups is 1. The molecule has 0 fully saturated rings. The van der Waals surface area contributed by atoms with Gasteiger partial charge in [0.25, 0.3) is 0 Å². The van der Waals surface area contributed by atoms with E-state index in [9.17, 15) is 5.11 Å². The third-order valence-corrected chi connectivity index (χ3v) is 6.00. The fourth-order valence-corrected chi connectivity index (χ4v) is 3.53. The molecule has 0 saturated carbocycles. The molecule has 1 atom stereocenters. The molecule has 3 heteroatoms. The Hall–Kier alpha value is -1.87. The third kappa shape index (κ3) is 4.52. The number of allylic oxidation sites excluding steroid dienone is 3. The van der Waals surface area contributed by atoms with Crippen LogP contribution in [-0.2, 0) is 5.41 Å². The summed E-state index contributed by atoms with van der Waals surface area (Å²) in [5.41, 5.74) is 3.94. The fourth-order valence-electron chi connectivity index (χ4n) is 3.53. The van der Waals surface area contributed by atoms with Gasteiger partial charge in [0, 0.05) is 6.42 Å². The van der Waals surface area contributed by atoms with Crippen LogP contribution in [-0.4, -0.2) is 20.7 Å². The molecule has 1 aliphatic carbocycles. The first-order valence-electron chi connectivity index (χ1n) is 10.3. The molecule has 146 valence electrons. The Labute approximate surface area is 163 Å². The van der Waals surface area contributed by atoms with Crippen LogP contribution in [0.4, 0.5) is 0 Å². The molecule has 0 bridgehead atoms. The van der Waals surface area contributed by atoms with Crippen molar-refractivity contribution in [2.24, 2.45) is 5.92 Å². The van der Waals surface area contributed by atoms with E-state index in [1.165, 1.54) is 5.56 Å². The highest BCUT2D eigenvalue weighted by atomic mass is 16.3. The number of hydrogen-bond donors (Lipinski definition) is 2. The second-order valence-corrected chi connectivity index (χ2v) is 9.06. The summed E-state index contributed by atoms with van der Waals surface area (Å²) in [7, 11) is 0. The Balaban J connectivity index is 1.96. The van der Waals surface area contributed by atoms with Gasteiger partial charge in [-0.2, -0.15) is 0 Å². The van der Waals surface area contributed by atoms with Gasteiger partial charge in [-0.3, -0.25) is 0 Å². The Bertz CT molecular complexity index is 847. The molecule has 0 spiro atoms. The topological polar surface area (TPSA) is 48.9 Å². The quantitative estimate of drug-likeness (QED) is 0.577. The summed E-state index contributed by atoms with van der Waals surface area (Å²) in [6.07, 6.45) is 11.1. The number of aromatic amines is 1. The van der Waals surface area contributed by atoms with Crippen LogP contribution in [0.15, 0.2) is 36.4 Å². The molecule has 1 heterocycles. The molecule has 2 N–H and O–H groups in total. The number of rotatable bonds is 7. The summed E-state index contributed by atoms with van der Waals surface area (Å²) in [5.74, 6) is 1.54. The van der Waals surface area contributed by atoms with E-state index < -0.39 is 5.60 Å². The van der Waals surface area contributed by atoms with Gasteiger partial charge >= 0.3 is 0 Å². The lowest BCUT2D eigenvalue weighted by atomic mass is 9.86. The number of hydrogen-bond acceptors (Lipinski definition) is 2. The highest BCUT2D eigenvalue weighted by Crippen LogP contribution is 2.33. The zero-order valence-electron chi connectivity index (χ0n) is 17.5. The van der Waals surface area contributed by atoms with Gasteiger partial charge in [-0.05, 0) is 60.3 Å². The van der Waals surface area contributed by atoms with Gasteiger partial charge < -0.3 is 10.1 Å². The van der Waals surface area contributed by atoms with Crippen molar-refractivity contribution in [3.05, 3.63) is 47.8 Å². The van der Waals surface area contributed by atoms with Gasteiger partial charge in [0.05, 0.1) is 16.6 Å². The lowest BCUT2D eigenvalue weighted by molar-refractivity contribution is 0.0375. The van der Waals surface area contributed by atoms with Crippen LogP contribution in [0, 0.1) is 5.92 Å². The Morgan fingerprint density at radius 1 is 1.26 bits per heavy atom. The minimum Gasteiger partial charge on any atom is -0.390 e. The maximum atomic E-state index is 10.9. The van der Waals surface area contributed by atoms with Gasteiger partial charge in [-0.1, -0.05) is 58.9 Å². The molecule has 1 aliphatic rings. The summed E-state index contributed by atoms with van der Waals surface area (Å²) >= 11 is 0. The van der Waals surface area contributed by atoms with Gasteiger partial charge in [0.15, 0.2) is 0 Å². The molecular formula is C24H34N2O. The van der Waals surface area contributed by atoms with Crippen LogP contribution in [0.25, 0.3) is 16.6 Å². The molecule has 1 aromatic carbocycles. The predicted octanol–water partition coefficient (Wildman–Crippen LogP) is 6.15. The number of imidazole rings is 1. The van der Waals surface area contributed by atoms with Crippen molar-refractivity contribution in [1.82, 2.24) is 9.97 Å². The molecule has 0 radical (unpaired) electrons. The summed E-state index contributed by atoms with van der Waals surface area (Å²) in [5, 5.41) is 10.9. The molecule has 1 aromatic heterocycles. The maximum absolute atomic E-state index is 10.9. The number of nitrogens with one attached hydrogen (secondary N) is 1. The first-order chi connectivity index (χ1) is 12.7. The summed E-state index contributed by atoms with van der Waals surface area (Å²) < 4.78 is 0. The van der Waals surface area contributed by atoms with Crippen molar-refractivity contribution in [3.63, 3.8) is 0 Å². The van der Waals surface area contributed by atoms with E-state index in [0.717, 1.165) is 48.1 Å². The van der Waals surface area contributed by atoms with E-state index in [1.807, 2.05) is 0 Å². The summed E-state index contributed by atoms with van der Waals surface area (Å²) in [6.45, 7) is 10.8. The second-order valence-electron chi connectivity index (χ2n) is 9.06. The van der Waals surface area contributed by atoms with Crippen LogP contribution >= 0.6 is 0 Å². The predicted molar refractivity (Wildman–Crippen MR) is 115 cm³/mol. The van der Waals surface area contributed by atoms with E-state index in [1.54, 1.807) is 0 Å². The second kappa shape index (κ2) is 7.63. The normalized spacial score (nSPS) is 18.1. The molecule has 0 saturated heterocycles. The van der Waals surface area contributed by atoms with E-state index in [0.29, 0.717) is 12.3 Å². The number of H-pyrrole nitrogens is 1. The van der Waals surface area contributed by atoms with Gasteiger partial charge in [0.1, 0.15) is 5.82 Å².